The second kappa shape index (κ2) is 11.3. The smallest absolute Gasteiger partial charge is 0.286 e. The van der Waals surface area contributed by atoms with Crippen molar-refractivity contribution < 1.29 is 18.9 Å². The summed E-state index contributed by atoms with van der Waals surface area (Å²) < 4.78 is 19.2. The van der Waals surface area contributed by atoms with Gasteiger partial charge in [0.25, 0.3) is 11.8 Å². The zero-order valence-corrected chi connectivity index (χ0v) is 21.3. The maximum absolute atomic E-state index is 13.6. The van der Waals surface area contributed by atoms with E-state index in [1.165, 1.54) is 10.9 Å². The van der Waals surface area contributed by atoms with Gasteiger partial charge in [-0.15, -0.1) is 0 Å². The van der Waals surface area contributed by atoms with Crippen molar-refractivity contribution in [3.8, 4) is 11.1 Å². The first kappa shape index (κ1) is 25.9. The van der Waals surface area contributed by atoms with Crippen molar-refractivity contribution in [3.05, 3.63) is 96.1 Å². The third-order valence-corrected chi connectivity index (χ3v) is 7.91. The molecule has 0 bridgehead atoms. The van der Waals surface area contributed by atoms with Crippen LogP contribution in [0.25, 0.3) is 11.1 Å². The monoisotopic (exact) mass is 517 g/mol. The second-order valence-corrected chi connectivity index (χ2v) is 10.8. The molecule has 0 saturated carbocycles. The molecule has 10 heteroatoms. The van der Waals surface area contributed by atoms with Gasteiger partial charge in [0.05, 0.1) is 21.0 Å². The minimum atomic E-state index is -3.07. The third-order valence-electron chi connectivity index (χ3n) is 5.59. The van der Waals surface area contributed by atoms with E-state index in [1.54, 1.807) is 73.9 Å². The Morgan fingerprint density at radius 1 is 1.03 bits per heavy atom. The molecule has 0 saturated heterocycles. The molecule has 190 valence electrons. The number of nitrogens with zero attached hydrogens (tertiary/aromatic N) is 4. The quantitative estimate of drug-likeness (QED) is 0.362. The van der Waals surface area contributed by atoms with E-state index in [2.05, 4.69) is 19.8 Å². The fourth-order valence-corrected chi connectivity index (χ4v) is 5.71. The summed E-state index contributed by atoms with van der Waals surface area (Å²) in [5, 5.41) is 16.3. The molecule has 0 fully saturated rings. The highest BCUT2D eigenvalue weighted by Gasteiger charge is 2.17. The fraction of sp³-hybridized carbons (Fsp3) is 0.185. The lowest BCUT2D eigenvalue weighted by Gasteiger charge is -2.10. The number of carbonyl (C=O) groups is 2. The number of rotatable bonds is 8. The summed E-state index contributed by atoms with van der Waals surface area (Å²) in [5.41, 5.74) is 3.29. The number of aliphatic hydroxyl groups excluding tert-OH is 1. The average molecular weight is 518 g/mol. The molecule has 0 aliphatic carbocycles. The number of carbonyl (C=O) groups excluding carboxylic acids is 2. The van der Waals surface area contributed by atoms with Crippen molar-refractivity contribution in [2.24, 2.45) is 11.4 Å². The summed E-state index contributed by atoms with van der Waals surface area (Å²) in [6.45, 7) is 1.66. The molecule has 0 aliphatic heterocycles. The Kier molecular flexibility index (Phi) is 7.90. The van der Waals surface area contributed by atoms with Gasteiger partial charge in [-0.2, -0.15) is 9.46 Å². The number of aryl methyl sites for hydroxylation is 2. The van der Waals surface area contributed by atoms with Crippen molar-refractivity contribution in [2.45, 2.75) is 18.2 Å². The maximum Gasteiger partial charge on any atom is 0.286 e. The zero-order chi connectivity index (χ0) is 26.4. The van der Waals surface area contributed by atoms with Gasteiger partial charge in [-0.05, 0) is 55.3 Å². The van der Waals surface area contributed by atoms with Crippen LogP contribution in [0.2, 0.25) is 0 Å². The standard InChI is InChI=1S/C27H27N5O4S/c1-19-14-25(32(2)30-19)27(35)29-23-9-6-8-20(16-23)21-15-22(18-28-17-21)26(34)31-37(36,13-7-12-33)24-10-4-3-5-11-24/h3-6,8-11,14-18,33H,7,12-13H2,1-2H3,(H,29,35)/t37-/m0/s1. The van der Waals surface area contributed by atoms with Gasteiger partial charge in [0, 0.05) is 47.9 Å². The van der Waals surface area contributed by atoms with E-state index in [4.69, 9.17) is 0 Å². The molecule has 2 N–H and O–H groups in total. The van der Waals surface area contributed by atoms with Gasteiger partial charge in [0.1, 0.15) is 5.69 Å². The average Bonchev–Trinajstić information content (AvgIpc) is 3.26. The lowest BCUT2D eigenvalue weighted by atomic mass is 10.1. The first-order chi connectivity index (χ1) is 17.8. The second-order valence-electron chi connectivity index (χ2n) is 8.42. The highest BCUT2D eigenvalue weighted by molar-refractivity contribution is 7.94. The van der Waals surface area contributed by atoms with E-state index in [0.717, 1.165) is 11.3 Å². The molecule has 4 rings (SSSR count). The summed E-state index contributed by atoms with van der Waals surface area (Å²) in [5.74, 6) is -0.888. The number of anilines is 1. The predicted molar refractivity (Wildman–Crippen MR) is 142 cm³/mol. The molecule has 4 aromatic rings. The van der Waals surface area contributed by atoms with Gasteiger partial charge in [-0.25, -0.2) is 4.21 Å². The number of benzene rings is 2. The Balaban J connectivity index is 1.61. The predicted octanol–water partition coefficient (Wildman–Crippen LogP) is 4.09. The Labute approximate surface area is 215 Å². The van der Waals surface area contributed by atoms with E-state index in [1.807, 2.05) is 13.0 Å². The van der Waals surface area contributed by atoms with Crippen molar-refractivity contribution in [2.75, 3.05) is 17.7 Å². The SMILES string of the molecule is Cc1cc(C(=O)Nc2cccc(-c3cncc(C(=O)N=[S@](=O)(CCCO)c4ccccc4)c3)c2)n(C)n1. The molecule has 2 aromatic heterocycles. The van der Waals surface area contributed by atoms with Gasteiger partial charge in [0.15, 0.2) is 0 Å². The van der Waals surface area contributed by atoms with Gasteiger partial charge in [0.2, 0.25) is 0 Å². The van der Waals surface area contributed by atoms with E-state index < -0.39 is 15.6 Å². The van der Waals surface area contributed by atoms with Crippen LogP contribution in [0.3, 0.4) is 0 Å². The largest absolute Gasteiger partial charge is 0.396 e. The topological polar surface area (TPSA) is 127 Å². The molecule has 2 amide bonds. The van der Waals surface area contributed by atoms with Crippen molar-refractivity contribution in [1.29, 1.82) is 0 Å². The first-order valence-electron chi connectivity index (χ1n) is 11.6. The van der Waals surface area contributed by atoms with E-state index in [-0.39, 0.29) is 30.3 Å². The number of aliphatic hydroxyl groups is 1. The summed E-state index contributed by atoms with van der Waals surface area (Å²) in [7, 11) is -1.36. The van der Waals surface area contributed by atoms with Crippen LogP contribution in [-0.2, 0) is 16.8 Å². The molecule has 9 nitrogen and oxygen atoms in total. The molecular weight excluding hydrogens is 490 g/mol. The number of hydrogen-bond donors (Lipinski definition) is 2. The molecule has 0 aliphatic rings. The van der Waals surface area contributed by atoms with Crippen LogP contribution in [-0.4, -0.2) is 48.3 Å². The Morgan fingerprint density at radius 3 is 2.51 bits per heavy atom. The van der Waals surface area contributed by atoms with Gasteiger partial charge in [-0.3, -0.25) is 19.3 Å². The number of pyridine rings is 1. The number of aromatic nitrogens is 3. The van der Waals surface area contributed by atoms with Crippen molar-refractivity contribution in [1.82, 2.24) is 14.8 Å². The summed E-state index contributed by atoms with van der Waals surface area (Å²) in [6.07, 6.45) is 3.23. The fourth-order valence-electron chi connectivity index (χ4n) is 3.81. The molecule has 1 atom stereocenters. The van der Waals surface area contributed by atoms with E-state index in [0.29, 0.717) is 21.8 Å². The minimum absolute atomic E-state index is 0.0598. The Hall–Kier alpha value is -4.15. The molecule has 0 unspecified atom stereocenters. The Bertz CT molecular complexity index is 1560. The van der Waals surface area contributed by atoms with Gasteiger partial charge >= 0.3 is 0 Å². The molecule has 37 heavy (non-hydrogen) atoms. The van der Waals surface area contributed by atoms with Crippen LogP contribution >= 0.6 is 0 Å². The van der Waals surface area contributed by atoms with Crippen LogP contribution < -0.4 is 5.32 Å². The van der Waals surface area contributed by atoms with Crippen molar-refractivity contribution >= 4 is 27.2 Å². The number of nitrogens with one attached hydrogen (secondary N) is 1. The van der Waals surface area contributed by atoms with E-state index >= 15 is 0 Å². The highest BCUT2D eigenvalue weighted by atomic mass is 32.2. The molecular formula is C27H27N5O4S. The van der Waals surface area contributed by atoms with Crippen LogP contribution in [0.1, 0.15) is 33.0 Å². The van der Waals surface area contributed by atoms with Crippen LogP contribution in [0, 0.1) is 6.92 Å². The molecule has 2 aromatic carbocycles. The normalized spacial score (nSPS) is 12.5. The molecule has 2 heterocycles. The Morgan fingerprint density at radius 2 is 1.81 bits per heavy atom. The molecule has 0 spiro atoms. The lowest BCUT2D eigenvalue weighted by molar-refractivity contribution is 0.0999. The summed E-state index contributed by atoms with van der Waals surface area (Å²) in [6, 6.07) is 19.1. The van der Waals surface area contributed by atoms with Crippen LogP contribution in [0.4, 0.5) is 5.69 Å². The molecule has 0 radical (unpaired) electrons. The number of hydrogen-bond acceptors (Lipinski definition) is 6. The highest BCUT2D eigenvalue weighted by Crippen LogP contribution is 2.24. The third kappa shape index (κ3) is 6.16. The first-order valence-corrected chi connectivity index (χ1v) is 13.3. The lowest BCUT2D eigenvalue weighted by Crippen LogP contribution is -2.16. The van der Waals surface area contributed by atoms with Crippen LogP contribution in [0.5, 0.6) is 0 Å². The zero-order valence-electron chi connectivity index (χ0n) is 20.5. The van der Waals surface area contributed by atoms with Crippen LogP contribution in [0.15, 0.2) is 88.4 Å². The summed E-state index contributed by atoms with van der Waals surface area (Å²) >= 11 is 0. The minimum Gasteiger partial charge on any atom is -0.396 e. The number of amides is 2. The van der Waals surface area contributed by atoms with Gasteiger partial charge in [-0.1, -0.05) is 30.3 Å². The maximum atomic E-state index is 13.6. The summed E-state index contributed by atoms with van der Waals surface area (Å²) in [4.78, 5) is 30.4. The van der Waals surface area contributed by atoms with E-state index in [9.17, 15) is 18.9 Å². The van der Waals surface area contributed by atoms with Gasteiger partial charge < -0.3 is 10.4 Å². The van der Waals surface area contributed by atoms with Crippen molar-refractivity contribution in [3.63, 3.8) is 0 Å².